The molecule has 1 N–H and O–H groups in total. The fraction of sp³-hybridized carbons (Fsp3) is 0.706. The van der Waals surface area contributed by atoms with Crippen LogP contribution < -0.4 is 5.32 Å². The highest BCUT2D eigenvalue weighted by molar-refractivity contribution is 7.12. The molecule has 3 fully saturated rings. The van der Waals surface area contributed by atoms with Crippen molar-refractivity contribution in [1.82, 2.24) is 10.2 Å². The molecule has 4 heteroatoms. The largest absolute Gasteiger partial charge is 0.320 e. The Morgan fingerprint density at radius 2 is 2.10 bits per heavy atom. The number of carbonyl (C=O) groups excluding carboxylic acids is 1. The highest BCUT2D eigenvalue weighted by Gasteiger charge is 2.52. The Hall–Kier alpha value is -0.870. The van der Waals surface area contributed by atoms with Gasteiger partial charge >= 0.3 is 0 Å². The van der Waals surface area contributed by atoms with Gasteiger partial charge in [-0.1, -0.05) is 25.7 Å². The van der Waals surface area contributed by atoms with Crippen LogP contribution in [0.2, 0.25) is 0 Å². The molecule has 2 aliphatic carbocycles. The Labute approximate surface area is 130 Å². The first-order valence-corrected chi connectivity index (χ1v) is 9.15. The van der Waals surface area contributed by atoms with Crippen molar-refractivity contribution < 1.29 is 4.79 Å². The van der Waals surface area contributed by atoms with Crippen LogP contribution in [0.5, 0.6) is 0 Å². The van der Waals surface area contributed by atoms with Crippen LogP contribution in [-0.4, -0.2) is 22.9 Å². The number of nitrogens with one attached hydrogen (secondary N) is 1. The van der Waals surface area contributed by atoms with Crippen LogP contribution in [0.15, 0.2) is 12.1 Å². The van der Waals surface area contributed by atoms with E-state index in [1.807, 2.05) is 11.3 Å². The van der Waals surface area contributed by atoms with E-state index in [0.717, 1.165) is 25.3 Å². The van der Waals surface area contributed by atoms with Gasteiger partial charge in [-0.25, -0.2) is 0 Å². The molecule has 0 radical (unpaired) electrons. The highest BCUT2D eigenvalue weighted by Crippen LogP contribution is 2.43. The second-order valence-electron chi connectivity index (χ2n) is 7.02. The van der Waals surface area contributed by atoms with Gasteiger partial charge in [0.2, 0.25) is 5.91 Å². The second-order valence-corrected chi connectivity index (χ2v) is 8.33. The van der Waals surface area contributed by atoms with Gasteiger partial charge in [0.15, 0.2) is 0 Å². The van der Waals surface area contributed by atoms with Crippen molar-refractivity contribution in [2.45, 2.75) is 63.6 Å². The Morgan fingerprint density at radius 3 is 2.71 bits per heavy atom. The van der Waals surface area contributed by atoms with Crippen LogP contribution in [0.1, 0.15) is 60.9 Å². The zero-order chi connectivity index (χ0) is 14.4. The molecule has 0 bridgehead atoms. The number of hydrogen-bond acceptors (Lipinski definition) is 3. The molecular formula is C17H24N2OS. The maximum atomic E-state index is 13.0. The van der Waals surface area contributed by atoms with E-state index in [1.165, 1.54) is 41.9 Å². The van der Waals surface area contributed by atoms with Crippen molar-refractivity contribution >= 4 is 17.2 Å². The summed E-state index contributed by atoms with van der Waals surface area (Å²) in [6, 6.07) is 4.37. The molecule has 1 saturated heterocycles. The van der Waals surface area contributed by atoms with Crippen LogP contribution in [0.25, 0.3) is 0 Å². The molecule has 2 saturated carbocycles. The quantitative estimate of drug-likeness (QED) is 0.922. The third kappa shape index (κ3) is 2.42. The second kappa shape index (κ2) is 5.10. The van der Waals surface area contributed by atoms with Gasteiger partial charge in [-0.15, -0.1) is 11.3 Å². The maximum absolute atomic E-state index is 13.0. The summed E-state index contributed by atoms with van der Waals surface area (Å²) in [6.07, 6.45) is 8.45. The molecule has 1 aromatic heterocycles. The molecular weight excluding hydrogens is 280 g/mol. The minimum Gasteiger partial charge on any atom is -0.320 e. The van der Waals surface area contributed by atoms with Crippen LogP contribution in [0.4, 0.5) is 0 Å². The van der Waals surface area contributed by atoms with Crippen molar-refractivity contribution in [3.63, 3.8) is 0 Å². The zero-order valence-corrected chi connectivity index (χ0v) is 13.5. The number of aryl methyl sites for hydroxylation is 1. The first-order chi connectivity index (χ1) is 10.2. The molecule has 3 nitrogen and oxygen atoms in total. The minimum atomic E-state index is -0.244. The SMILES string of the molecule is Cc1ccc(C2NC3(CCCC3)C(=O)N2CCC2CC2)s1. The van der Waals surface area contributed by atoms with Gasteiger partial charge in [0.05, 0.1) is 5.54 Å². The molecule has 3 aliphatic rings. The monoisotopic (exact) mass is 304 g/mol. The first-order valence-electron chi connectivity index (χ1n) is 8.33. The van der Waals surface area contributed by atoms with E-state index < -0.39 is 0 Å². The van der Waals surface area contributed by atoms with E-state index in [2.05, 4.69) is 29.3 Å². The molecule has 21 heavy (non-hydrogen) atoms. The number of thiophene rings is 1. The Balaban J connectivity index is 1.60. The van der Waals surface area contributed by atoms with Gasteiger partial charge < -0.3 is 4.90 Å². The van der Waals surface area contributed by atoms with Crippen molar-refractivity contribution in [3.05, 3.63) is 21.9 Å². The molecule has 1 amide bonds. The topological polar surface area (TPSA) is 32.3 Å². The lowest BCUT2D eigenvalue weighted by Crippen LogP contribution is -2.44. The highest BCUT2D eigenvalue weighted by atomic mass is 32.1. The summed E-state index contributed by atoms with van der Waals surface area (Å²) in [6.45, 7) is 3.07. The van der Waals surface area contributed by atoms with Crippen molar-refractivity contribution in [2.75, 3.05) is 6.54 Å². The molecule has 2 heterocycles. The Bertz CT molecular complexity index is 543. The van der Waals surface area contributed by atoms with E-state index >= 15 is 0 Å². The standard InChI is InChI=1S/C17H24N2OS/c1-12-4-7-14(21-12)15-18-17(9-2-3-10-17)16(20)19(15)11-8-13-5-6-13/h4,7,13,15,18H,2-3,5-6,8-11H2,1H3. The number of amides is 1. The Kier molecular flexibility index (Phi) is 3.34. The van der Waals surface area contributed by atoms with E-state index in [9.17, 15) is 4.79 Å². The van der Waals surface area contributed by atoms with Crippen molar-refractivity contribution in [1.29, 1.82) is 0 Å². The van der Waals surface area contributed by atoms with Gasteiger partial charge in [0, 0.05) is 16.3 Å². The average Bonchev–Trinajstić information content (AvgIpc) is 2.91. The molecule has 1 aromatic rings. The number of hydrogen-bond donors (Lipinski definition) is 1. The molecule has 1 spiro atoms. The average molecular weight is 304 g/mol. The lowest BCUT2D eigenvalue weighted by atomic mass is 9.98. The van der Waals surface area contributed by atoms with Gasteiger partial charge in [0.1, 0.15) is 6.17 Å². The molecule has 0 aromatic carbocycles. The smallest absolute Gasteiger partial charge is 0.244 e. The van der Waals surface area contributed by atoms with Crippen molar-refractivity contribution in [3.8, 4) is 0 Å². The van der Waals surface area contributed by atoms with Crippen molar-refractivity contribution in [2.24, 2.45) is 5.92 Å². The van der Waals surface area contributed by atoms with E-state index in [0.29, 0.717) is 5.91 Å². The summed E-state index contributed by atoms with van der Waals surface area (Å²) in [5.74, 6) is 1.25. The number of rotatable bonds is 4. The fourth-order valence-corrected chi connectivity index (χ4v) is 4.86. The zero-order valence-electron chi connectivity index (χ0n) is 12.7. The van der Waals surface area contributed by atoms with Gasteiger partial charge in [-0.3, -0.25) is 10.1 Å². The van der Waals surface area contributed by atoms with E-state index in [4.69, 9.17) is 0 Å². The number of nitrogens with zero attached hydrogens (tertiary/aromatic N) is 1. The lowest BCUT2D eigenvalue weighted by molar-refractivity contribution is -0.133. The third-order valence-electron chi connectivity index (χ3n) is 5.36. The first kappa shape index (κ1) is 13.8. The summed E-state index contributed by atoms with van der Waals surface area (Å²) in [7, 11) is 0. The van der Waals surface area contributed by atoms with Crippen LogP contribution in [0, 0.1) is 12.8 Å². The molecule has 1 unspecified atom stereocenters. The van der Waals surface area contributed by atoms with Crippen LogP contribution in [0.3, 0.4) is 0 Å². The Morgan fingerprint density at radius 1 is 1.33 bits per heavy atom. The van der Waals surface area contributed by atoms with Crippen LogP contribution >= 0.6 is 11.3 Å². The lowest BCUT2D eigenvalue weighted by Gasteiger charge is -2.23. The number of carbonyl (C=O) groups is 1. The van der Waals surface area contributed by atoms with Crippen LogP contribution in [-0.2, 0) is 4.79 Å². The fourth-order valence-electron chi connectivity index (χ4n) is 3.91. The predicted molar refractivity (Wildman–Crippen MR) is 85.2 cm³/mol. The minimum absolute atomic E-state index is 0.119. The molecule has 1 aliphatic heterocycles. The third-order valence-corrected chi connectivity index (χ3v) is 6.41. The summed E-state index contributed by atoms with van der Waals surface area (Å²) in [4.78, 5) is 17.8. The normalized spacial score (nSPS) is 28.0. The van der Waals surface area contributed by atoms with E-state index in [1.54, 1.807) is 0 Å². The summed E-state index contributed by atoms with van der Waals surface area (Å²) in [5.41, 5.74) is -0.244. The van der Waals surface area contributed by atoms with Gasteiger partial charge in [0.25, 0.3) is 0 Å². The summed E-state index contributed by atoms with van der Waals surface area (Å²) in [5, 5.41) is 3.73. The van der Waals surface area contributed by atoms with E-state index in [-0.39, 0.29) is 11.7 Å². The maximum Gasteiger partial charge on any atom is 0.244 e. The predicted octanol–water partition coefficient (Wildman–Crippen LogP) is 3.60. The molecule has 4 rings (SSSR count). The molecule has 114 valence electrons. The van der Waals surface area contributed by atoms with Gasteiger partial charge in [-0.2, -0.15) is 0 Å². The summed E-state index contributed by atoms with van der Waals surface area (Å²) >= 11 is 1.83. The van der Waals surface area contributed by atoms with Gasteiger partial charge in [-0.05, 0) is 44.2 Å². The molecule has 1 atom stereocenters. The summed E-state index contributed by atoms with van der Waals surface area (Å²) < 4.78 is 0.